The molecule has 0 radical (unpaired) electrons. The highest BCUT2D eigenvalue weighted by molar-refractivity contribution is 5.81. The zero-order chi connectivity index (χ0) is 24.8. The molecule has 0 saturated carbocycles. The fraction of sp³-hybridized carbons (Fsp3) is 0.370. The molecule has 0 fully saturated rings. The van der Waals surface area contributed by atoms with Gasteiger partial charge in [-0.25, -0.2) is 15.8 Å². The summed E-state index contributed by atoms with van der Waals surface area (Å²) >= 11 is 0. The first-order valence-corrected chi connectivity index (χ1v) is 12.2. The molecule has 8 nitrogen and oxygen atoms in total. The molecule has 1 aliphatic heterocycles. The number of β-amino-alcohol motifs (C(OH)–C–C–N with tert-alkyl or cyclic N) is 1. The Bertz CT molecular complexity index is 1160. The van der Waals surface area contributed by atoms with Crippen molar-refractivity contribution >= 4 is 11.7 Å². The van der Waals surface area contributed by atoms with E-state index < -0.39 is 6.10 Å². The van der Waals surface area contributed by atoms with Crippen molar-refractivity contribution in [1.82, 2.24) is 15.4 Å². The van der Waals surface area contributed by atoms with Gasteiger partial charge in [-0.3, -0.25) is 0 Å². The minimum atomic E-state index is -0.467. The number of aliphatic hydroxyl groups excluding tert-OH is 1. The number of nitrogens with one attached hydrogen (secondary N) is 1. The maximum Gasteiger partial charge on any atom is 0.151 e. The molecule has 4 rings (SSSR count). The zero-order valence-electron chi connectivity index (χ0n) is 20.5. The summed E-state index contributed by atoms with van der Waals surface area (Å²) in [6.45, 7) is 5.51. The third kappa shape index (κ3) is 5.96. The number of hydrogen-bond acceptors (Lipinski definition) is 7. The van der Waals surface area contributed by atoms with Gasteiger partial charge < -0.3 is 21.3 Å². The molecule has 1 atom stereocenters. The Hall–Kier alpha value is -3.49. The molecule has 0 amide bonds. The number of nitrogens with zero attached hydrogens (tertiary/aromatic N) is 4. The van der Waals surface area contributed by atoms with E-state index in [0.717, 1.165) is 59.8 Å². The van der Waals surface area contributed by atoms with Crippen LogP contribution in [-0.4, -0.2) is 40.1 Å². The molecule has 1 aromatic heterocycles. The van der Waals surface area contributed by atoms with Gasteiger partial charge in [0.25, 0.3) is 0 Å². The van der Waals surface area contributed by atoms with Crippen LogP contribution in [0.2, 0.25) is 0 Å². The minimum Gasteiger partial charge on any atom is -0.391 e. The van der Waals surface area contributed by atoms with Gasteiger partial charge >= 0.3 is 0 Å². The van der Waals surface area contributed by atoms with Gasteiger partial charge in [-0.1, -0.05) is 66.1 Å². The van der Waals surface area contributed by atoms with Crippen LogP contribution >= 0.6 is 0 Å². The Kier molecular flexibility index (Phi) is 7.94. The molecule has 0 spiro atoms. The molecule has 0 aliphatic carbocycles. The summed E-state index contributed by atoms with van der Waals surface area (Å²) in [7, 11) is 0. The van der Waals surface area contributed by atoms with Crippen LogP contribution in [0.15, 0.2) is 53.6 Å². The second-order valence-electron chi connectivity index (χ2n) is 9.26. The number of hydrogen-bond donors (Lipinski definition) is 4. The van der Waals surface area contributed by atoms with Crippen molar-refractivity contribution in [2.75, 3.05) is 18.0 Å². The summed E-state index contributed by atoms with van der Waals surface area (Å²) in [5.74, 6) is 12.2. The summed E-state index contributed by atoms with van der Waals surface area (Å²) in [6, 6.07) is 16.8. The smallest absolute Gasteiger partial charge is 0.151 e. The topological polar surface area (TPSA) is 126 Å². The molecular formula is C27H35N7O. The Morgan fingerprint density at radius 1 is 0.971 bits per heavy atom. The Morgan fingerprint density at radius 3 is 2.14 bits per heavy atom. The summed E-state index contributed by atoms with van der Waals surface area (Å²) in [5.41, 5.74) is 9.55. The van der Waals surface area contributed by atoms with E-state index in [4.69, 9.17) is 21.7 Å². The number of benzene rings is 2. The van der Waals surface area contributed by atoms with Crippen LogP contribution in [-0.2, 0) is 6.42 Å². The molecule has 184 valence electrons. The van der Waals surface area contributed by atoms with E-state index in [0.29, 0.717) is 25.2 Å². The molecule has 1 unspecified atom stereocenters. The van der Waals surface area contributed by atoms with Crippen molar-refractivity contribution in [3.63, 3.8) is 0 Å². The maximum atomic E-state index is 10.6. The van der Waals surface area contributed by atoms with Crippen molar-refractivity contribution in [1.29, 1.82) is 0 Å². The number of hydrazone groups is 1. The molecular weight excluding hydrogens is 438 g/mol. The lowest BCUT2D eigenvalue weighted by molar-refractivity contribution is 0.173. The number of anilines is 1. The van der Waals surface area contributed by atoms with E-state index >= 15 is 0 Å². The largest absolute Gasteiger partial charge is 0.391 e. The molecule has 2 aromatic carbocycles. The SMILES string of the molecule is Cc1ccc(-c2nc3c(nc2-c2ccc(C)cc2)N(CCCCC/C(=N/N)NN)CC(O)C3)cc1. The highest BCUT2D eigenvalue weighted by Crippen LogP contribution is 2.35. The van der Waals surface area contributed by atoms with E-state index in [1.165, 1.54) is 11.1 Å². The molecule has 3 aromatic rings. The quantitative estimate of drug-likeness (QED) is 0.130. The van der Waals surface area contributed by atoms with Gasteiger partial charge in [0.05, 0.1) is 23.2 Å². The first-order valence-electron chi connectivity index (χ1n) is 12.2. The minimum absolute atomic E-state index is 0.467. The fourth-order valence-corrected chi connectivity index (χ4v) is 4.45. The first kappa shape index (κ1) is 24.6. The molecule has 8 heteroatoms. The molecule has 6 N–H and O–H groups in total. The van der Waals surface area contributed by atoms with Crippen LogP contribution in [0.4, 0.5) is 5.82 Å². The maximum absolute atomic E-state index is 10.6. The number of nitrogens with two attached hydrogens (primary N) is 2. The number of aromatic nitrogens is 2. The van der Waals surface area contributed by atoms with Gasteiger partial charge in [0.1, 0.15) is 5.84 Å². The Balaban J connectivity index is 1.64. The summed E-state index contributed by atoms with van der Waals surface area (Å²) < 4.78 is 0. The van der Waals surface area contributed by atoms with Crippen molar-refractivity contribution in [2.24, 2.45) is 16.8 Å². The molecule has 2 heterocycles. The van der Waals surface area contributed by atoms with E-state index in [9.17, 15) is 5.11 Å². The molecule has 35 heavy (non-hydrogen) atoms. The standard InChI is InChI=1S/C27H35N7O/c1-18-7-11-20(12-8-18)25-26(21-13-9-19(2)10-14-21)31-27-23(30-25)16-22(35)17-34(27)15-5-3-4-6-24(32-28)33-29/h7-14,22,35H,3-6,15-17,28-29H2,1-2H3,(H,32,33). The number of amidine groups is 1. The Morgan fingerprint density at radius 2 is 1.57 bits per heavy atom. The van der Waals surface area contributed by atoms with Gasteiger partial charge in [0.15, 0.2) is 5.82 Å². The number of hydrazine groups is 1. The van der Waals surface area contributed by atoms with Crippen LogP contribution in [0.1, 0.15) is 42.5 Å². The van der Waals surface area contributed by atoms with E-state index in [1.54, 1.807) is 0 Å². The van der Waals surface area contributed by atoms with Crippen molar-refractivity contribution in [3.05, 3.63) is 65.4 Å². The summed E-state index contributed by atoms with van der Waals surface area (Å²) in [6.07, 6.45) is 3.62. The van der Waals surface area contributed by atoms with Gasteiger partial charge in [-0.2, -0.15) is 5.10 Å². The van der Waals surface area contributed by atoms with Crippen LogP contribution in [0.25, 0.3) is 22.5 Å². The Labute approximate surface area is 207 Å². The third-order valence-corrected chi connectivity index (χ3v) is 6.42. The van der Waals surface area contributed by atoms with Crippen molar-refractivity contribution < 1.29 is 5.11 Å². The third-order valence-electron chi connectivity index (χ3n) is 6.42. The van der Waals surface area contributed by atoms with E-state index in [2.05, 4.69) is 77.8 Å². The highest BCUT2D eigenvalue weighted by Gasteiger charge is 2.28. The van der Waals surface area contributed by atoms with Gasteiger partial charge in [-0.05, 0) is 26.7 Å². The lowest BCUT2D eigenvalue weighted by Crippen LogP contribution is -2.40. The van der Waals surface area contributed by atoms with E-state index in [-0.39, 0.29) is 0 Å². The number of aryl methyl sites for hydroxylation is 2. The van der Waals surface area contributed by atoms with Crippen molar-refractivity contribution in [3.8, 4) is 22.5 Å². The molecule has 0 bridgehead atoms. The van der Waals surface area contributed by atoms with Gasteiger partial charge in [0.2, 0.25) is 0 Å². The average Bonchev–Trinajstić information content (AvgIpc) is 2.86. The highest BCUT2D eigenvalue weighted by atomic mass is 16.3. The predicted molar refractivity (Wildman–Crippen MR) is 142 cm³/mol. The summed E-state index contributed by atoms with van der Waals surface area (Å²) in [4.78, 5) is 12.4. The second-order valence-corrected chi connectivity index (χ2v) is 9.26. The molecule has 1 aliphatic rings. The van der Waals surface area contributed by atoms with Gasteiger partial charge in [-0.15, -0.1) is 0 Å². The van der Waals surface area contributed by atoms with Crippen LogP contribution in [0, 0.1) is 13.8 Å². The van der Waals surface area contributed by atoms with Crippen LogP contribution < -0.4 is 22.0 Å². The lowest BCUT2D eigenvalue weighted by Gasteiger charge is -2.33. The normalized spacial score (nSPS) is 15.7. The zero-order valence-corrected chi connectivity index (χ0v) is 20.5. The number of unbranched alkanes of at least 4 members (excludes halogenated alkanes) is 2. The number of fused-ring (bicyclic) bond motifs is 1. The average molecular weight is 474 g/mol. The predicted octanol–water partition coefficient (Wildman–Crippen LogP) is 3.45. The van der Waals surface area contributed by atoms with Crippen molar-refractivity contribution in [2.45, 2.75) is 52.1 Å². The molecule has 0 saturated heterocycles. The fourth-order valence-electron chi connectivity index (χ4n) is 4.45. The number of rotatable bonds is 8. The second kappa shape index (κ2) is 11.3. The van der Waals surface area contributed by atoms with Crippen LogP contribution in [0.5, 0.6) is 0 Å². The summed E-state index contributed by atoms with van der Waals surface area (Å²) in [5, 5.41) is 14.3. The lowest BCUT2D eigenvalue weighted by atomic mass is 10.00. The van der Waals surface area contributed by atoms with Crippen LogP contribution in [0.3, 0.4) is 0 Å². The van der Waals surface area contributed by atoms with Gasteiger partial charge in [0, 0.05) is 37.1 Å². The first-order chi connectivity index (χ1) is 17.0. The monoisotopic (exact) mass is 473 g/mol. The number of aliphatic hydroxyl groups is 1. The van der Waals surface area contributed by atoms with E-state index in [1.807, 2.05) is 0 Å².